The molecular weight excluding hydrogens is 366 g/mol. The van der Waals surface area contributed by atoms with Gasteiger partial charge in [0.2, 0.25) is 5.95 Å². The topological polar surface area (TPSA) is 90.0 Å². The lowest BCUT2D eigenvalue weighted by atomic mass is 9.95. The number of hydrogen-bond acceptors (Lipinski definition) is 6. The maximum absolute atomic E-state index is 12.9. The minimum absolute atomic E-state index is 0.0202. The van der Waals surface area contributed by atoms with Crippen LogP contribution in [0.4, 0.5) is 11.6 Å². The molecule has 8 nitrogen and oxygen atoms in total. The number of fused-ring (bicyclic) bond motifs is 2. The summed E-state index contributed by atoms with van der Waals surface area (Å²) in [6.07, 6.45) is 10.8. The zero-order valence-corrected chi connectivity index (χ0v) is 16.6. The van der Waals surface area contributed by atoms with Gasteiger partial charge in [0.05, 0.1) is 11.9 Å². The third-order valence-corrected chi connectivity index (χ3v) is 5.81. The molecule has 0 saturated heterocycles. The van der Waals surface area contributed by atoms with Crippen LogP contribution in [0.1, 0.15) is 49.3 Å². The summed E-state index contributed by atoms with van der Waals surface area (Å²) in [6, 6.07) is 3.87. The molecule has 4 heterocycles. The van der Waals surface area contributed by atoms with E-state index in [1.54, 1.807) is 10.6 Å². The molecule has 5 rings (SSSR count). The van der Waals surface area contributed by atoms with Crippen LogP contribution in [0.2, 0.25) is 0 Å². The van der Waals surface area contributed by atoms with Gasteiger partial charge in [-0.15, -0.1) is 0 Å². The fraction of sp³-hybridized carbons (Fsp3) is 0.381. The summed E-state index contributed by atoms with van der Waals surface area (Å²) >= 11 is 0. The van der Waals surface area contributed by atoms with E-state index in [1.807, 2.05) is 36.9 Å². The number of aromatic nitrogens is 6. The van der Waals surface area contributed by atoms with E-state index in [4.69, 9.17) is 4.98 Å². The maximum Gasteiger partial charge on any atom is 0.252 e. The van der Waals surface area contributed by atoms with Crippen molar-refractivity contribution in [3.05, 3.63) is 52.3 Å². The van der Waals surface area contributed by atoms with Crippen LogP contribution in [-0.4, -0.2) is 29.1 Å². The van der Waals surface area contributed by atoms with Crippen molar-refractivity contribution < 1.29 is 0 Å². The van der Waals surface area contributed by atoms with Crippen molar-refractivity contribution in [1.29, 1.82) is 0 Å². The first-order chi connectivity index (χ1) is 14.1. The van der Waals surface area contributed by atoms with E-state index in [1.165, 1.54) is 12.7 Å². The SMILES string of the molecule is Cc1cc2ncnn2cc1Nc1ncc2c(C)cc(=O)n(C3CCCCC3)c2n1. The summed E-state index contributed by atoms with van der Waals surface area (Å²) in [6.45, 7) is 3.94. The van der Waals surface area contributed by atoms with Crippen molar-refractivity contribution in [2.24, 2.45) is 0 Å². The Morgan fingerprint density at radius 2 is 1.90 bits per heavy atom. The van der Waals surface area contributed by atoms with Gasteiger partial charge in [0.1, 0.15) is 12.0 Å². The largest absolute Gasteiger partial charge is 0.323 e. The molecule has 0 bridgehead atoms. The van der Waals surface area contributed by atoms with E-state index in [0.717, 1.165) is 53.5 Å². The number of hydrogen-bond donors (Lipinski definition) is 1. The van der Waals surface area contributed by atoms with E-state index >= 15 is 0 Å². The average Bonchev–Trinajstić information content (AvgIpc) is 3.16. The Balaban J connectivity index is 1.61. The third kappa shape index (κ3) is 3.14. The molecule has 29 heavy (non-hydrogen) atoms. The van der Waals surface area contributed by atoms with Crippen LogP contribution in [-0.2, 0) is 0 Å². The standard InChI is InChI=1S/C21H23N7O/c1-13-9-19(29)28(15-6-4-3-5-7-15)20-16(13)10-22-21(26-20)25-17-11-27-18(8-14(17)2)23-12-24-27/h8-12,15H,3-7H2,1-2H3,(H,22,25,26). The quantitative estimate of drug-likeness (QED) is 0.575. The molecule has 148 valence electrons. The van der Waals surface area contributed by atoms with E-state index in [0.29, 0.717) is 11.6 Å². The zero-order valence-electron chi connectivity index (χ0n) is 16.6. The number of aryl methyl sites for hydroxylation is 2. The summed E-state index contributed by atoms with van der Waals surface area (Å²) < 4.78 is 3.58. The van der Waals surface area contributed by atoms with Gasteiger partial charge in [-0.25, -0.2) is 14.5 Å². The normalized spacial score (nSPS) is 15.2. The molecule has 1 aliphatic rings. The second-order valence-corrected chi connectivity index (χ2v) is 7.82. The Labute approximate surface area is 167 Å². The minimum Gasteiger partial charge on any atom is -0.323 e. The first kappa shape index (κ1) is 17.8. The Morgan fingerprint density at radius 1 is 1.07 bits per heavy atom. The van der Waals surface area contributed by atoms with Crippen molar-refractivity contribution >= 4 is 28.3 Å². The summed E-state index contributed by atoms with van der Waals surface area (Å²) in [4.78, 5) is 26.3. The lowest BCUT2D eigenvalue weighted by Crippen LogP contribution is -2.27. The molecule has 4 aromatic heterocycles. The molecule has 0 unspecified atom stereocenters. The van der Waals surface area contributed by atoms with E-state index in [9.17, 15) is 4.79 Å². The number of rotatable bonds is 3. The zero-order chi connectivity index (χ0) is 20.0. The Bertz CT molecular complexity index is 1270. The molecule has 8 heteroatoms. The third-order valence-electron chi connectivity index (χ3n) is 5.81. The summed E-state index contributed by atoms with van der Waals surface area (Å²) in [5, 5.41) is 8.40. The molecule has 0 radical (unpaired) electrons. The van der Waals surface area contributed by atoms with Gasteiger partial charge in [-0.2, -0.15) is 10.1 Å². The van der Waals surface area contributed by atoms with Crippen LogP contribution in [0.5, 0.6) is 0 Å². The Kier molecular flexibility index (Phi) is 4.26. The molecule has 0 spiro atoms. The predicted molar refractivity (Wildman–Crippen MR) is 112 cm³/mol. The first-order valence-electron chi connectivity index (χ1n) is 10.1. The molecule has 1 saturated carbocycles. The number of nitrogens with zero attached hydrogens (tertiary/aromatic N) is 6. The highest BCUT2D eigenvalue weighted by Gasteiger charge is 2.20. The van der Waals surface area contributed by atoms with Gasteiger partial charge in [0, 0.05) is 23.7 Å². The van der Waals surface area contributed by atoms with Gasteiger partial charge in [-0.05, 0) is 43.9 Å². The lowest BCUT2D eigenvalue weighted by molar-refractivity contribution is 0.353. The van der Waals surface area contributed by atoms with Gasteiger partial charge in [-0.1, -0.05) is 19.3 Å². The second kappa shape index (κ2) is 6.95. The van der Waals surface area contributed by atoms with E-state index in [2.05, 4.69) is 20.4 Å². The van der Waals surface area contributed by atoms with Crippen molar-refractivity contribution in [1.82, 2.24) is 29.1 Å². The summed E-state index contributed by atoms with van der Waals surface area (Å²) in [5.74, 6) is 0.467. The monoisotopic (exact) mass is 389 g/mol. The highest BCUT2D eigenvalue weighted by molar-refractivity contribution is 5.79. The Morgan fingerprint density at radius 3 is 2.72 bits per heavy atom. The van der Waals surface area contributed by atoms with Gasteiger partial charge in [0.25, 0.3) is 5.56 Å². The van der Waals surface area contributed by atoms with Crippen LogP contribution in [0.25, 0.3) is 16.7 Å². The van der Waals surface area contributed by atoms with Gasteiger partial charge in [-0.3, -0.25) is 9.36 Å². The summed E-state index contributed by atoms with van der Waals surface area (Å²) in [7, 11) is 0. The highest BCUT2D eigenvalue weighted by atomic mass is 16.1. The number of anilines is 2. The van der Waals surface area contributed by atoms with Crippen molar-refractivity contribution in [2.45, 2.75) is 52.0 Å². The van der Waals surface area contributed by atoms with Crippen molar-refractivity contribution in [3.8, 4) is 0 Å². The van der Waals surface area contributed by atoms with Crippen molar-refractivity contribution in [2.75, 3.05) is 5.32 Å². The fourth-order valence-corrected chi connectivity index (χ4v) is 4.23. The molecular formula is C21H23N7O. The molecule has 4 aromatic rings. The maximum atomic E-state index is 12.9. The van der Waals surface area contributed by atoms with E-state index < -0.39 is 0 Å². The van der Waals surface area contributed by atoms with Gasteiger partial charge >= 0.3 is 0 Å². The number of pyridine rings is 2. The van der Waals surface area contributed by atoms with Crippen LogP contribution in [0.3, 0.4) is 0 Å². The summed E-state index contributed by atoms with van der Waals surface area (Å²) in [5.41, 5.74) is 4.29. The molecule has 0 amide bonds. The van der Waals surface area contributed by atoms with Crippen molar-refractivity contribution in [3.63, 3.8) is 0 Å². The lowest BCUT2D eigenvalue weighted by Gasteiger charge is -2.25. The predicted octanol–water partition coefficient (Wildman–Crippen LogP) is 3.70. The molecule has 1 N–H and O–H groups in total. The van der Waals surface area contributed by atoms with Gasteiger partial charge < -0.3 is 5.32 Å². The van der Waals surface area contributed by atoms with Crippen LogP contribution in [0, 0.1) is 13.8 Å². The van der Waals surface area contributed by atoms with Crippen LogP contribution < -0.4 is 10.9 Å². The number of nitrogens with one attached hydrogen (secondary N) is 1. The molecule has 1 fully saturated rings. The molecule has 0 aromatic carbocycles. The van der Waals surface area contributed by atoms with Gasteiger partial charge in [0.15, 0.2) is 5.65 Å². The minimum atomic E-state index is 0.0202. The molecule has 0 atom stereocenters. The Hall–Kier alpha value is -3.29. The highest BCUT2D eigenvalue weighted by Crippen LogP contribution is 2.30. The van der Waals surface area contributed by atoms with Crippen LogP contribution in [0.15, 0.2) is 35.6 Å². The average molecular weight is 389 g/mol. The van der Waals surface area contributed by atoms with Crippen LogP contribution >= 0.6 is 0 Å². The van der Waals surface area contributed by atoms with E-state index in [-0.39, 0.29) is 11.6 Å². The fourth-order valence-electron chi connectivity index (χ4n) is 4.23. The second-order valence-electron chi connectivity index (χ2n) is 7.82. The smallest absolute Gasteiger partial charge is 0.252 e. The first-order valence-corrected chi connectivity index (χ1v) is 10.1. The molecule has 1 aliphatic carbocycles. The molecule has 0 aliphatic heterocycles.